The van der Waals surface area contributed by atoms with Crippen molar-refractivity contribution in [2.24, 2.45) is 0 Å². The Balaban J connectivity index is 1.80. The molecule has 3 rings (SSSR count). The van der Waals surface area contributed by atoms with E-state index in [0.29, 0.717) is 24.7 Å². The van der Waals surface area contributed by atoms with Crippen LogP contribution in [0.2, 0.25) is 0 Å². The van der Waals surface area contributed by atoms with E-state index in [-0.39, 0.29) is 12.1 Å². The molecule has 6 nitrogen and oxygen atoms in total. The van der Waals surface area contributed by atoms with Crippen molar-refractivity contribution in [3.8, 4) is 17.1 Å². The molecule has 0 aliphatic carbocycles. The van der Waals surface area contributed by atoms with Gasteiger partial charge in [-0.15, -0.1) is 0 Å². The van der Waals surface area contributed by atoms with E-state index < -0.39 is 0 Å². The lowest BCUT2D eigenvalue weighted by molar-refractivity contribution is 0.191. The SMILES string of the molecule is COc1ccc(-c2noc([C@@H]3CC(O)CN3)n2)cc1. The lowest BCUT2D eigenvalue weighted by Gasteiger charge is -2.01. The van der Waals surface area contributed by atoms with Gasteiger partial charge in [-0.1, -0.05) is 5.16 Å². The van der Waals surface area contributed by atoms with E-state index >= 15 is 0 Å². The third-order valence-electron chi connectivity index (χ3n) is 3.20. The van der Waals surface area contributed by atoms with Gasteiger partial charge in [0.05, 0.1) is 19.3 Å². The van der Waals surface area contributed by atoms with E-state index in [1.54, 1.807) is 7.11 Å². The van der Waals surface area contributed by atoms with Gasteiger partial charge >= 0.3 is 0 Å². The van der Waals surface area contributed by atoms with Crippen molar-refractivity contribution in [1.29, 1.82) is 0 Å². The van der Waals surface area contributed by atoms with E-state index in [4.69, 9.17) is 9.26 Å². The van der Waals surface area contributed by atoms with Crippen LogP contribution in [0, 0.1) is 0 Å². The second-order valence-electron chi connectivity index (χ2n) is 4.54. The zero-order chi connectivity index (χ0) is 13.2. The van der Waals surface area contributed by atoms with Crippen molar-refractivity contribution in [2.45, 2.75) is 18.6 Å². The Hall–Kier alpha value is -1.92. The first-order valence-corrected chi connectivity index (χ1v) is 6.16. The standard InChI is InChI=1S/C13H15N3O3/c1-18-10-4-2-8(3-5-10)12-15-13(19-16-12)11-6-9(17)7-14-11/h2-5,9,11,14,17H,6-7H2,1H3/t9?,11-/m0/s1. The highest BCUT2D eigenvalue weighted by molar-refractivity contribution is 5.55. The molecule has 1 aliphatic rings. The quantitative estimate of drug-likeness (QED) is 0.862. The third-order valence-corrected chi connectivity index (χ3v) is 3.20. The van der Waals surface area contributed by atoms with Crippen LogP contribution in [-0.2, 0) is 0 Å². The molecule has 6 heteroatoms. The molecule has 2 N–H and O–H groups in total. The maximum atomic E-state index is 9.48. The summed E-state index contributed by atoms with van der Waals surface area (Å²) in [4.78, 5) is 4.36. The Morgan fingerprint density at radius 3 is 2.79 bits per heavy atom. The van der Waals surface area contributed by atoms with Gasteiger partial charge in [0, 0.05) is 12.1 Å². The van der Waals surface area contributed by atoms with Gasteiger partial charge in [0.15, 0.2) is 0 Å². The number of benzene rings is 1. The first-order valence-electron chi connectivity index (χ1n) is 6.16. The van der Waals surface area contributed by atoms with Gasteiger partial charge in [-0.2, -0.15) is 4.98 Å². The van der Waals surface area contributed by atoms with Crippen LogP contribution >= 0.6 is 0 Å². The Morgan fingerprint density at radius 2 is 2.16 bits per heavy atom. The molecule has 2 atom stereocenters. The van der Waals surface area contributed by atoms with Crippen molar-refractivity contribution < 1.29 is 14.4 Å². The number of ether oxygens (including phenoxy) is 1. The van der Waals surface area contributed by atoms with E-state index in [9.17, 15) is 5.11 Å². The molecule has 1 aliphatic heterocycles. The molecule has 1 aromatic heterocycles. The molecule has 100 valence electrons. The van der Waals surface area contributed by atoms with E-state index in [2.05, 4.69) is 15.5 Å². The van der Waals surface area contributed by atoms with Gasteiger partial charge in [-0.25, -0.2) is 0 Å². The minimum atomic E-state index is -0.346. The summed E-state index contributed by atoms with van der Waals surface area (Å²) < 4.78 is 10.3. The highest BCUT2D eigenvalue weighted by Gasteiger charge is 2.28. The van der Waals surface area contributed by atoms with Gasteiger partial charge in [0.25, 0.3) is 0 Å². The van der Waals surface area contributed by atoms with E-state index in [1.165, 1.54) is 0 Å². The molecule has 0 radical (unpaired) electrons. The molecular weight excluding hydrogens is 246 g/mol. The number of aliphatic hydroxyl groups excluding tert-OH is 1. The van der Waals surface area contributed by atoms with Crippen LogP contribution in [0.3, 0.4) is 0 Å². The highest BCUT2D eigenvalue weighted by Crippen LogP contribution is 2.25. The van der Waals surface area contributed by atoms with E-state index in [0.717, 1.165) is 11.3 Å². The molecule has 1 unspecified atom stereocenters. The molecule has 0 bridgehead atoms. The second kappa shape index (κ2) is 4.99. The average molecular weight is 261 g/mol. The molecular formula is C13H15N3O3. The van der Waals surface area contributed by atoms with Crippen LogP contribution in [0.5, 0.6) is 5.75 Å². The molecule has 1 fully saturated rings. The summed E-state index contributed by atoms with van der Waals surface area (Å²) in [5, 5.41) is 16.6. The molecule has 2 heterocycles. The number of β-amino-alcohol motifs (C(OH)–C–C–N with tert-alkyl or cyclic N) is 1. The van der Waals surface area contributed by atoms with Crippen LogP contribution < -0.4 is 10.1 Å². The van der Waals surface area contributed by atoms with Crippen molar-refractivity contribution >= 4 is 0 Å². The van der Waals surface area contributed by atoms with E-state index in [1.807, 2.05) is 24.3 Å². The second-order valence-corrected chi connectivity index (χ2v) is 4.54. The maximum absolute atomic E-state index is 9.48. The summed E-state index contributed by atoms with van der Waals surface area (Å²) in [6.45, 7) is 0.560. The Bertz CT molecular complexity index is 553. The summed E-state index contributed by atoms with van der Waals surface area (Å²) in [6.07, 6.45) is 0.255. The van der Waals surface area contributed by atoms with Crippen LogP contribution in [0.4, 0.5) is 0 Å². The monoisotopic (exact) mass is 261 g/mol. The maximum Gasteiger partial charge on any atom is 0.244 e. The first kappa shape index (κ1) is 12.1. The van der Waals surface area contributed by atoms with Crippen molar-refractivity contribution in [3.05, 3.63) is 30.2 Å². The predicted molar refractivity (Wildman–Crippen MR) is 67.7 cm³/mol. The van der Waals surface area contributed by atoms with Gasteiger partial charge < -0.3 is 19.7 Å². The molecule has 1 saturated heterocycles. The number of hydrogen-bond donors (Lipinski definition) is 2. The van der Waals surface area contributed by atoms with Gasteiger partial charge in [-0.3, -0.25) is 0 Å². The number of nitrogens with one attached hydrogen (secondary N) is 1. The van der Waals surface area contributed by atoms with Crippen LogP contribution in [0.25, 0.3) is 11.4 Å². The van der Waals surface area contributed by atoms with Crippen molar-refractivity contribution in [1.82, 2.24) is 15.5 Å². The fraction of sp³-hybridized carbons (Fsp3) is 0.385. The Labute approximate surface area is 110 Å². The zero-order valence-corrected chi connectivity index (χ0v) is 10.5. The smallest absolute Gasteiger partial charge is 0.244 e. The summed E-state index contributed by atoms with van der Waals surface area (Å²) in [6, 6.07) is 7.40. The van der Waals surface area contributed by atoms with Gasteiger partial charge in [0.2, 0.25) is 11.7 Å². The molecule has 0 spiro atoms. The van der Waals surface area contributed by atoms with Crippen LogP contribution in [0.1, 0.15) is 18.4 Å². The topological polar surface area (TPSA) is 80.4 Å². The first-order chi connectivity index (χ1) is 9.26. The Kier molecular flexibility index (Phi) is 3.18. The fourth-order valence-corrected chi connectivity index (χ4v) is 2.14. The zero-order valence-electron chi connectivity index (χ0n) is 10.5. The molecule has 19 heavy (non-hydrogen) atoms. The number of hydrogen-bond acceptors (Lipinski definition) is 6. The summed E-state index contributed by atoms with van der Waals surface area (Å²) in [7, 11) is 1.62. The lowest BCUT2D eigenvalue weighted by Crippen LogP contribution is -2.15. The molecule has 0 saturated carbocycles. The Morgan fingerprint density at radius 1 is 1.37 bits per heavy atom. The largest absolute Gasteiger partial charge is 0.497 e. The summed E-state index contributed by atoms with van der Waals surface area (Å²) in [5.41, 5.74) is 0.870. The third kappa shape index (κ3) is 2.45. The molecule has 1 aromatic carbocycles. The summed E-state index contributed by atoms with van der Waals surface area (Å²) in [5.74, 6) is 1.84. The van der Waals surface area contributed by atoms with Gasteiger partial charge in [-0.05, 0) is 30.7 Å². The number of aromatic nitrogens is 2. The lowest BCUT2D eigenvalue weighted by atomic mass is 10.2. The fourth-order valence-electron chi connectivity index (χ4n) is 2.14. The van der Waals surface area contributed by atoms with Gasteiger partial charge in [0.1, 0.15) is 5.75 Å². The number of nitrogens with zero attached hydrogens (tertiary/aromatic N) is 2. The number of aliphatic hydroxyl groups is 1. The number of rotatable bonds is 3. The highest BCUT2D eigenvalue weighted by atomic mass is 16.5. The number of methoxy groups -OCH3 is 1. The predicted octanol–water partition coefficient (Wildman–Crippen LogP) is 1.14. The van der Waals surface area contributed by atoms with Crippen molar-refractivity contribution in [2.75, 3.05) is 13.7 Å². The normalized spacial score (nSPS) is 22.6. The molecule has 2 aromatic rings. The molecule has 0 amide bonds. The average Bonchev–Trinajstić information content (AvgIpc) is 3.07. The minimum absolute atomic E-state index is 0.0606. The van der Waals surface area contributed by atoms with Crippen LogP contribution in [0.15, 0.2) is 28.8 Å². The van der Waals surface area contributed by atoms with Crippen LogP contribution in [-0.4, -0.2) is 35.0 Å². The summed E-state index contributed by atoms with van der Waals surface area (Å²) >= 11 is 0. The minimum Gasteiger partial charge on any atom is -0.497 e. The van der Waals surface area contributed by atoms with Crippen molar-refractivity contribution in [3.63, 3.8) is 0 Å².